The average Bonchev–Trinajstić information content (AvgIpc) is 3.25. The molecule has 0 saturated heterocycles. The first kappa shape index (κ1) is 20.5. The van der Waals surface area contributed by atoms with Crippen LogP contribution in [0.15, 0.2) is 83.9 Å². The molecular formula is C28H29GeZr. The third-order valence-electron chi connectivity index (χ3n) is 6.84. The van der Waals surface area contributed by atoms with Crippen molar-refractivity contribution in [3.63, 3.8) is 0 Å². The van der Waals surface area contributed by atoms with Gasteiger partial charge in [-0.05, 0) is 0 Å². The third-order valence-corrected chi connectivity index (χ3v) is 42.0. The Morgan fingerprint density at radius 3 is 2.07 bits per heavy atom. The van der Waals surface area contributed by atoms with E-state index < -0.39 is 29.8 Å². The van der Waals surface area contributed by atoms with Crippen LogP contribution in [0.25, 0.3) is 23.3 Å². The van der Waals surface area contributed by atoms with Crippen LogP contribution in [0, 0.1) is 0 Å². The Kier molecular flexibility index (Phi) is 5.63. The van der Waals surface area contributed by atoms with Crippen LogP contribution in [0.5, 0.6) is 0 Å². The second kappa shape index (κ2) is 8.25. The third kappa shape index (κ3) is 3.39. The van der Waals surface area contributed by atoms with Gasteiger partial charge in [-0.1, -0.05) is 0 Å². The Labute approximate surface area is 190 Å². The number of hydrogen-bond acceptors (Lipinski definition) is 0. The van der Waals surface area contributed by atoms with Gasteiger partial charge in [0.25, 0.3) is 0 Å². The fraction of sp³-hybridized carbons (Fsp3) is 0.214. The molecule has 2 aliphatic rings. The summed E-state index contributed by atoms with van der Waals surface area (Å²) < 4.78 is 1.51. The summed E-state index contributed by atoms with van der Waals surface area (Å²) in [6, 6.07) is 27.2. The first-order chi connectivity index (χ1) is 14.6. The first-order valence-corrected chi connectivity index (χ1v) is 27.3. The first-order valence-electron chi connectivity index (χ1n) is 11.1. The van der Waals surface area contributed by atoms with Crippen molar-refractivity contribution in [3.05, 3.63) is 106 Å². The van der Waals surface area contributed by atoms with E-state index in [1.165, 1.54) is 22.3 Å². The zero-order chi connectivity index (χ0) is 20.8. The van der Waals surface area contributed by atoms with Crippen molar-refractivity contribution in [1.82, 2.24) is 0 Å². The average molecular weight is 529 g/mol. The summed E-state index contributed by atoms with van der Waals surface area (Å²) in [5, 5.41) is 0. The van der Waals surface area contributed by atoms with Crippen molar-refractivity contribution < 1.29 is 19.2 Å². The molecule has 2 atom stereocenters. The summed E-state index contributed by atoms with van der Waals surface area (Å²) in [6.45, 7) is 4.83. The monoisotopic (exact) mass is 529 g/mol. The van der Waals surface area contributed by atoms with Crippen LogP contribution in [0.1, 0.15) is 43.4 Å². The van der Waals surface area contributed by atoms with E-state index in [9.17, 15) is 0 Å². The van der Waals surface area contributed by atoms with Gasteiger partial charge in [0.15, 0.2) is 0 Å². The summed E-state index contributed by atoms with van der Waals surface area (Å²) in [5.41, 5.74) is 12.3. The Morgan fingerprint density at radius 2 is 1.30 bits per heavy atom. The van der Waals surface area contributed by atoms with Crippen LogP contribution in [0.2, 0.25) is 11.5 Å². The maximum atomic E-state index is 2.68. The topological polar surface area (TPSA) is 0 Å². The molecule has 0 amide bonds. The van der Waals surface area contributed by atoms with Gasteiger partial charge in [-0.3, -0.25) is 0 Å². The Balaban J connectivity index is 1.64. The minimum atomic E-state index is -1.82. The number of hydrogen-bond donors (Lipinski definition) is 0. The van der Waals surface area contributed by atoms with Crippen molar-refractivity contribution >= 4 is 22.7 Å². The molecule has 0 radical (unpaired) electrons. The van der Waals surface area contributed by atoms with E-state index in [2.05, 4.69) is 110 Å². The zero-order valence-corrected chi connectivity index (χ0v) is 23.2. The molecule has 0 N–H and O–H groups in total. The predicted molar refractivity (Wildman–Crippen MR) is 130 cm³/mol. The van der Waals surface area contributed by atoms with E-state index in [0.717, 1.165) is 7.25 Å². The molecule has 0 saturated carbocycles. The molecule has 0 fully saturated rings. The molecule has 3 aromatic rings. The molecule has 149 valence electrons. The summed E-state index contributed by atoms with van der Waals surface area (Å²) in [5.74, 6) is 5.37. The molecule has 0 nitrogen and oxygen atoms in total. The normalized spacial score (nSPS) is 19.4. The van der Waals surface area contributed by atoms with Crippen LogP contribution in [-0.2, 0) is 19.2 Å². The zero-order valence-electron chi connectivity index (χ0n) is 18.3. The van der Waals surface area contributed by atoms with Crippen molar-refractivity contribution in [2.24, 2.45) is 0 Å². The van der Waals surface area contributed by atoms with E-state index in [0.29, 0.717) is 0 Å². The molecule has 2 aliphatic carbocycles. The van der Waals surface area contributed by atoms with Gasteiger partial charge in [-0.2, -0.15) is 0 Å². The fourth-order valence-corrected chi connectivity index (χ4v) is 43.3. The molecule has 5 rings (SSSR count). The van der Waals surface area contributed by atoms with E-state index in [-0.39, 0.29) is 0 Å². The molecule has 0 spiro atoms. The molecule has 2 unspecified atom stereocenters. The Morgan fingerprint density at radius 1 is 0.667 bits per heavy atom. The number of benzene rings is 3. The second-order valence-electron chi connectivity index (χ2n) is 9.10. The minimum absolute atomic E-state index is 0.741. The molecule has 0 aromatic heterocycles. The van der Waals surface area contributed by atoms with Gasteiger partial charge in [0.05, 0.1) is 0 Å². The van der Waals surface area contributed by atoms with Crippen LogP contribution in [0.3, 0.4) is 0 Å². The van der Waals surface area contributed by atoms with Crippen LogP contribution in [0.4, 0.5) is 0 Å². The number of allylic oxidation sites excluding steroid dienone is 2. The SMILES string of the molecule is CC1=Cc2ccccc2[CH]1[Zr]([CH]1C(C)=Cc2c(-c3ccccc3)cccc21)[GeH]([CH3])[CH3]. The van der Waals surface area contributed by atoms with Crippen LogP contribution < -0.4 is 0 Å². The standard InChI is InChI=1S/C16H13.C10H9.C2H7Ge.Zr/c1-12-10-14-8-5-9-15(16(14)11-12)13-6-3-2-4-7-13;1-8-6-9-4-2-3-5-10(9)7-8;1-3-2;/h2-11H,1H3;2-7H,1H3;3H,1-2H3;. The number of rotatable bonds is 4. The van der Waals surface area contributed by atoms with Gasteiger partial charge < -0.3 is 0 Å². The van der Waals surface area contributed by atoms with Crippen LogP contribution >= 0.6 is 0 Å². The van der Waals surface area contributed by atoms with Gasteiger partial charge in [-0.25, -0.2) is 0 Å². The molecule has 0 heterocycles. The summed E-state index contributed by atoms with van der Waals surface area (Å²) in [7, 11) is -1.30. The van der Waals surface area contributed by atoms with Crippen molar-refractivity contribution in [3.8, 4) is 11.1 Å². The number of fused-ring (bicyclic) bond motifs is 2. The van der Waals surface area contributed by atoms with Crippen LogP contribution in [-0.4, -0.2) is 10.6 Å². The van der Waals surface area contributed by atoms with Crippen molar-refractivity contribution in [1.29, 1.82) is 0 Å². The second-order valence-corrected chi connectivity index (χ2v) is 42.3. The Hall–Kier alpha value is -1.43. The summed E-state index contributed by atoms with van der Waals surface area (Å²) in [4.78, 5) is 0. The van der Waals surface area contributed by atoms with Crippen molar-refractivity contribution in [2.45, 2.75) is 32.6 Å². The molecule has 0 bridgehead atoms. The summed E-state index contributed by atoms with van der Waals surface area (Å²) in [6.07, 6.45) is 5.02. The van der Waals surface area contributed by atoms with E-state index in [1.54, 1.807) is 22.3 Å². The fourth-order valence-electron chi connectivity index (χ4n) is 5.62. The van der Waals surface area contributed by atoms with E-state index in [4.69, 9.17) is 0 Å². The van der Waals surface area contributed by atoms with E-state index >= 15 is 0 Å². The molecular weight excluding hydrogens is 500 g/mol. The quantitative estimate of drug-likeness (QED) is 0.306. The maximum absolute atomic E-state index is 2.68. The van der Waals surface area contributed by atoms with Gasteiger partial charge in [-0.15, -0.1) is 0 Å². The summed E-state index contributed by atoms with van der Waals surface area (Å²) >= 11 is -1.82. The van der Waals surface area contributed by atoms with Gasteiger partial charge in [0, 0.05) is 0 Å². The van der Waals surface area contributed by atoms with Gasteiger partial charge in [0.1, 0.15) is 0 Å². The molecule has 0 aliphatic heterocycles. The predicted octanol–water partition coefficient (Wildman–Crippen LogP) is 7.57. The molecule has 2 heteroatoms. The molecule has 30 heavy (non-hydrogen) atoms. The molecule has 3 aromatic carbocycles. The van der Waals surface area contributed by atoms with Gasteiger partial charge >= 0.3 is 192 Å². The Bertz CT molecular complexity index is 1160. The van der Waals surface area contributed by atoms with Crippen molar-refractivity contribution in [2.75, 3.05) is 0 Å². The van der Waals surface area contributed by atoms with E-state index in [1.807, 2.05) is 0 Å². The van der Waals surface area contributed by atoms with Gasteiger partial charge in [0.2, 0.25) is 0 Å².